The van der Waals surface area contributed by atoms with Crippen LogP contribution in [0.3, 0.4) is 0 Å². The molecule has 132 valence electrons. The summed E-state index contributed by atoms with van der Waals surface area (Å²) in [5.41, 5.74) is 2.29. The Labute approximate surface area is 152 Å². The highest BCUT2D eigenvalue weighted by Gasteiger charge is 2.32. The molecule has 1 fully saturated rings. The molecule has 1 amide bonds. The Balaban J connectivity index is 1.65. The van der Waals surface area contributed by atoms with Crippen molar-refractivity contribution in [1.29, 1.82) is 0 Å². The molecule has 0 spiro atoms. The fourth-order valence-corrected chi connectivity index (χ4v) is 3.23. The van der Waals surface area contributed by atoms with E-state index in [1.165, 1.54) is 0 Å². The number of aromatic nitrogens is 3. The molecule has 3 heterocycles. The van der Waals surface area contributed by atoms with E-state index in [4.69, 9.17) is 4.74 Å². The zero-order valence-electron chi connectivity index (χ0n) is 14.5. The molecular weight excluding hydrogens is 328 g/mol. The fraction of sp³-hybridized carbons (Fsp3) is 0.250. The number of nitrogens with zero attached hydrogens (tertiary/aromatic N) is 4. The maximum absolute atomic E-state index is 13.2. The van der Waals surface area contributed by atoms with Crippen molar-refractivity contribution in [1.82, 2.24) is 19.7 Å². The fourth-order valence-electron chi connectivity index (χ4n) is 3.23. The number of amides is 1. The van der Waals surface area contributed by atoms with E-state index in [0.29, 0.717) is 18.8 Å². The second kappa shape index (κ2) is 7.09. The van der Waals surface area contributed by atoms with E-state index in [9.17, 15) is 4.79 Å². The van der Waals surface area contributed by atoms with Gasteiger partial charge in [-0.25, -0.2) is 4.68 Å². The van der Waals surface area contributed by atoms with Crippen molar-refractivity contribution in [2.75, 3.05) is 13.2 Å². The van der Waals surface area contributed by atoms with Gasteiger partial charge in [-0.3, -0.25) is 9.78 Å². The largest absolute Gasteiger partial charge is 0.374 e. The molecule has 1 aliphatic rings. The summed E-state index contributed by atoms with van der Waals surface area (Å²) in [6.07, 6.45) is 5.18. The van der Waals surface area contributed by atoms with Gasteiger partial charge in [-0.1, -0.05) is 30.3 Å². The molecule has 0 bridgehead atoms. The highest BCUT2D eigenvalue weighted by atomic mass is 16.5. The third kappa shape index (κ3) is 3.23. The molecular formula is C20H20N4O2. The third-order valence-electron chi connectivity index (χ3n) is 4.55. The molecule has 0 saturated carbocycles. The van der Waals surface area contributed by atoms with Gasteiger partial charge in [0.25, 0.3) is 5.91 Å². The number of rotatable bonds is 3. The van der Waals surface area contributed by atoms with E-state index in [1.807, 2.05) is 60.5 Å². The Bertz CT molecular complexity index is 880. The lowest BCUT2D eigenvalue weighted by Gasteiger charge is -2.38. The number of hydrogen-bond acceptors (Lipinski definition) is 4. The molecule has 1 saturated heterocycles. The van der Waals surface area contributed by atoms with E-state index in [0.717, 1.165) is 11.3 Å². The quantitative estimate of drug-likeness (QED) is 0.730. The summed E-state index contributed by atoms with van der Waals surface area (Å²) in [5.74, 6) is -0.0944. The Morgan fingerprint density at radius 2 is 2.00 bits per heavy atom. The molecule has 2 atom stereocenters. The molecule has 26 heavy (non-hydrogen) atoms. The Hall–Kier alpha value is -2.99. The van der Waals surface area contributed by atoms with Crippen LogP contribution in [0.25, 0.3) is 5.69 Å². The van der Waals surface area contributed by atoms with E-state index < -0.39 is 0 Å². The first-order valence-corrected chi connectivity index (χ1v) is 8.66. The summed E-state index contributed by atoms with van der Waals surface area (Å²) in [7, 11) is 0. The van der Waals surface area contributed by atoms with Gasteiger partial charge in [0, 0.05) is 25.1 Å². The van der Waals surface area contributed by atoms with E-state index >= 15 is 0 Å². The molecule has 3 aromatic rings. The van der Waals surface area contributed by atoms with Crippen LogP contribution >= 0.6 is 0 Å². The molecule has 0 radical (unpaired) electrons. The van der Waals surface area contributed by atoms with Crippen molar-refractivity contribution in [2.24, 2.45) is 0 Å². The molecule has 0 unspecified atom stereocenters. The molecule has 4 rings (SSSR count). The highest BCUT2D eigenvalue weighted by molar-refractivity contribution is 5.93. The van der Waals surface area contributed by atoms with Gasteiger partial charge in [0.1, 0.15) is 5.69 Å². The van der Waals surface area contributed by atoms with Gasteiger partial charge in [0.2, 0.25) is 0 Å². The van der Waals surface area contributed by atoms with Gasteiger partial charge in [0.15, 0.2) is 0 Å². The minimum absolute atomic E-state index is 0.00629. The number of benzene rings is 1. The van der Waals surface area contributed by atoms with Crippen LogP contribution in [0.1, 0.15) is 29.0 Å². The average molecular weight is 348 g/mol. The first-order chi connectivity index (χ1) is 12.7. The van der Waals surface area contributed by atoms with Crippen LogP contribution in [-0.2, 0) is 4.74 Å². The summed E-state index contributed by atoms with van der Waals surface area (Å²) < 4.78 is 7.53. The van der Waals surface area contributed by atoms with E-state index in [2.05, 4.69) is 10.1 Å². The lowest BCUT2D eigenvalue weighted by molar-refractivity contribution is -0.0449. The van der Waals surface area contributed by atoms with Gasteiger partial charge in [-0.15, -0.1) is 0 Å². The topological polar surface area (TPSA) is 60.2 Å². The van der Waals surface area contributed by atoms with Crippen LogP contribution in [-0.4, -0.2) is 44.8 Å². The van der Waals surface area contributed by atoms with Gasteiger partial charge < -0.3 is 9.64 Å². The Morgan fingerprint density at radius 1 is 1.15 bits per heavy atom. The molecule has 6 nitrogen and oxygen atoms in total. The Kier molecular flexibility index (Phi) is 4.50. The van der Waals surface area contributed by atoms with E-state index in [1.54, 1.807) is 23.1 Å². The molecule has 1 aliphatic heterocycles. The Morgan fingerprint density at radius 3 is 2.77 bits per heavy atom. The number of pyridine rings is 1. The van der Waals surface area contributed by atoms with Crippen molar-refractivity contribution < 1.29 is 9.53 Å². The summed E-state index contributed by atoms with van der Waals surface area (Å²) in [4.78, 5) is 19.4. The number of carbonyl (C=O) groups excluding carboxylic acids is 1. The van der Waals surface area contributed by atoms with Gasteiger partial charge >= 0.3 is 0 Å². The van der Waals surface area contributed by atoms with Crippen molar-refractivity contribution >= 4 is 5.91 Å². The van der Waals surface area contributed by atoms with Crippen molar-refractivity contribution in [3.8, 4) is 5.69 Å². The van der Waals surface area contributed by atoms with Crippen molar-refractivity contribution in [3.05, 3.63) is 78.4 Å². The maximum Gasteiger partial charge on any atom is 0.273 e. The van der Waals surface area contributed by atoms with Gasteiger partial charge in [-0.05, 0) is 30.7 Å². The van der Waals surface area contributed by atoms with Crippen LogP contribution < -0.4 is 0 Å². The minimum Gasteiger partial charge on any atom is -0.374 e. The first kappa shape index (κ1) is 16.5. The van der Waals surface area contributed by atoms with Gasteiger partial charge in [-0.2, -0.15) is 5.10 Å². The zero-order valence-corrected chi connectivity index (χ0v) is 14.5. The summed E-state index contributed by atoms with van der Waals surface area (Å²) >= 11 is 0. The lowest BCUT2D eigenvalue weighted by Crippen LogP contribution is -2.47. The third-order valence-corrected chi connectivity index (χ3v) is 4.55. The first-order valence-electron chi connectivity index (χ1n) is 8.66. The van der Waals surface area contributed by atoms with Crippen LogP contribution in [0.5, 0.6) is 0 Å². The summed E-state index contributed by atoms with van der Waals surface area (Å²) in [6, 6.07) is 15.3. The zero-order chi connectivity index (χ0) is 17.9. The molecule has 6 heteroatoms. The van der Waals surface area contributed by atoms with Crippen LogP contribution in [0, 0.1) is 0 Å². The standard InChI is InChI=1S/C20H20N4O2/c1-15-13-23(19(14-26-15)16-6-3-2-4-7-16)20(25)18-12-17(8-10-21-18)24-11-5-9-22-24/h2-12,15,19H,13-14H2,1H3/t15-,19+/m1/s1. The number of carbonyl (C=O) groups is 1. The van der Waals surface area contributed by atoms with Crippen LogP contribution in [0.2, 0.25) is 0 Å². The smallest absolute Gasteiger partial charge is 0.273 e. The molecule has 0 aliphatic carbocycles. The number of ether oxygens (including phenoxy) is 1. The van der Waals surface area contributed by atoms with Crippen LogP contribution in [0.15, 0.2) is 67.1 Å². The summed E-state index contributed by atoms with van der Waals surface area (Å²) in [6.45, 7) is 3.00. The van der Waals surface area contributed by atoms with Crippen molar-refractivity contribution in [2.45, 2.75) is 19.1 Å². The van der Waals surface area contributed by atoms with Crippen LogP contribution in [0.4, 0.5) is 0 Å². The second-order valence-corrected chi connectivity index (χ2v) is 6.38. The predicted molar refractivity (Wildman–Crippen MR) is 97.0 cm³/mol. The minimum atomic E-state index is -0.116. The lowest BCUT2D eigenvalue weighted by atomic mass is 10.0. The molecule has 2 aromatic heterocycles. The second-order valence-electron chi connectivity index (χ2n) is 6.38. The SMILES string of the molecule is C[C@@H]1CN(C(=O)c2cc(-n3cccn3)ccn2)[C@H](c2ccccc2)CO1. The highest BCUT2D eigenvalue weighted by Crippen LogP contribution is 2.27. The van der Waals surface area contributed by atoms with Crippen molar-refractivity contribution in [3.63, 3.8) is 0 Å². The average Bonchev–Trinajstić information content (AvgIpc) is 3.23. The monoisotopic (exact) mass is 348 g/mol. The predicted octanol–water partition coefficient (Wildman–Crippen LogP) is 2.87. The number of hydrogen-bond donors (Lipinski definition) is 0. The molecule has 1 aromatic carbocycles. The molecule has 0 N–H and O–H groups in total. The normalized spacial score (nSPS) is 20.1. The van der Waals surface area contributed by atoms with E-state index in [-0.39, 0.29) is 18.1 Å². The maximum atomic E-state index is 13.2. The number of morpholine rings is 1. The van der Waals surface area contributed by atoms with Gasteiger partial charge in [0.05, 0.1) is 24.4 Å². The summed E-state index contributed by atoms with van der Waals surface area (Å²) in [5, 5.41) is 4.22.